The maximum Gasteiger partial charge on any atom is 0.250 e. The van der Waals surface area contributed by atoms with Gasteiger partial charge in [0.15, 0.2) is 11.6 Å². The molecule has 34 heavy (non-hydrogen) atoms. The highest BCUT2D eigenvalue weighted by atomic mass is 35.5. The third-order valence-electron chi connectivity index (χ3n) is 5.33. The molecule has 1 amide bonds. The number of nitrogens with zero attached hydrogens (tertiary/aromatic N) is 2. The summed E-state index contributed by atoms with van der Waals surface area (Å²) in [4.78, 5) is 29.8. The molecule has 1 aromatic heterocycles. The lowest BCUT2D eigenvalue weighted by molar-refractivity contribution is -0.107. The lowest BCUT2D eigenvalue weighted by atomic mass is 10.0. The van der Waals surface area contributed by atoms with Gasteiger partial charge in [-0.15, -0.1) is 0 Å². The van der Waals surface area contributed by atoms with Crippen LogP contribution in [0.15, 0.2) is 60.7 Å². The molecule has 2 heterocycles. The van der Waals surface area contributed by atoms with Gasteiger partial charge in [0.25, 0.3) is 5.91 Å². The van der Waals surface area contributed by atoms with E-state index in [1.807, 2.05) is 0 Å². The molecule has 7 nitrogen and oxygen atoms in total. The smallest absolute Gasteiger partial charge is 0.250 e. The molecule has 1 aliphatic rings. The summed E-state index contributed by atoms with van der Waals surface area (Å²) < 4.78 is 20.8. The minimum absolute atomic E-state index is 0.0271. The molecule has 1 fully saturated rings. The van der Waals surface area contributed by atoms with Crippen LogP contribution in [0, 0.1) is 5.82 Å². The molecule has 1 aliphatic heterocycles. The Bertz CT molecular complexity index is 1260. The van der Waals surface area contributed by atoms with Gasteiger partial charge in [-0.05, 0) is 60.2 Å². The number of carbonyl (C=O) groups excluding carboxylic acids is 2. The van der Waals surface area contributed by atoms with Gasteiger partial charge in [-0.2, -0.15) is 0 Å². The zero-order chi connectivity index (χ0) is 24.1. The number of primary amides is 1. The predicted molar refractivity (Wildman–Crippen MR) is 130 cm³/mol. The van der Waals surface area contributed by atoms with Crippen LogP contribution < -0.4 is 20.7 Å². The number of hydrogen-bond donors (Lipinski definition) is 2. The second kappa shape index (κ2) is 10.5. The standard InChI is InChI=1S/C25H22ClFN4O3/c26-22(32)9-6-16-3-1-2-4-20(16)34-21-8-5-17(15-19(21)27)24-18(25(28)33)7-10-23(30-24)31-13-11-29-12-14-31/h1-10,15,29H,11-14H2,(H2,28,33)/b9-6+. The third kappa shape index (κ3) is 5.41. The Morgan fingerprint density at radius 1 is 1.09 bits per heavy atom. The van der Waals surface area contributed by atoms with E-state index in [0.29, 0.717) is 28.4 Å². The van der Waals surface area contributed by atoms with Crippen molar-refractivity contribution >= 4 is 34.6 Å². The van der Waals surface area contributed by atoms with Gasteiger partial charge in [0.05, 0.1) is 11.3 Å². The highest BCUT2D eigenvalue weighted by molar-refractivity contribution is 6.66. The van der Waals surface area contributed by atoms with Gasteiger partial charge < -0.3 is 20.7 Å². The zero-order valence-electron chi connectivity index (χ0n) is 18.1. The lowest BCUT2D eigenvalue weighted by Gasteiger charge is -2.29. The van der Waals surface area contributed by atoms with E-state index < -0.39 is 17.0 Å². The second-order valence-corrected chi connectivity index (χ2v) is 7.96. The molecule has 1 saturated heterocycles. The van der Waals surface area contributed by atoms with Crippen molar-refractivity contribution in [2.75, 3.05) is 31.1 Å². The summed E-state index contributed by atoms with van der Waals surface area (Å²) in [7, 11) is 0. The molecule has 0 saturated carbocycles. The number of benzene rings is 2. The number of nitrogens with one attached hydrogen (secondary N) is 1. The summed E-state index contributed by atoms with van der Waals surface area (Å²) in [5.74, 6) is -0.281. The molecule has 174 valence electrons. The molecule has 2 aromatic carbocycles. The number of para-hydroxylation sites is 1. The minimum Gasteiger partial charge on any atom is -0.454 e. The maximum absolute atomic E-state index is 15.1. The number of allylic oxidation sites excluding steroid dienone is 1. The summed E-state index contributed by atoms with van der Waals surface area (Å²) in [5, 5.41) is 2.64. The fourth-order valence-electron chi connectivity index (χ4n) is 3.65. The number of piperazine rings is 1. The first-order valence-corrected chi connectivity index (χ1v) is 11.0. The summed E-state index contributed by atoms with van der Waals surface area (Å²) in [6, 6.07) is 14.5. The Labute approximate surface area is 201 Å². The van der Waals surface area contributed by atoms with Crippen LogP contribution in [-0.4, -0.2) is 42.3 Å². The first-order valence-electron chi connectivity index (χ1n) is 10.6. The van der Waals surface area contributed by atoms with E-state index in [1.54, 1.807) is 42.5 Å². The number of nitrogens with two attached hydrogens (primary N) is 1. The molecular weight excluding hydrogens is 459 g/mol. The van der Waals surface area contributed by atoms with Crippen molar-refractivity contribution in [2.45, 2.75) is 0 Å². The van der Waals surface area contributed by atoms with Crippen molar-refractivity contribution in [1.29, 1.82) is 0 Å². The molecular formula is C25H22ClFN4O3. The van der Waals surface area contributed by atoms with Crippen LogP contribution in [0.5, 0.6) is 11.5 Å². The zero-order valence-corrected chi connectivity index (χ0v) is 18.9. The van der Waals surface area contributed by atoms with E-state index >= 15 is 4.39 Å². The second-order valence-electron chi connectivity index (χ2n) is 7.59. The van der Waals surface area contributed by atoms with E-state index in [1.165, 1.54) is 24.3 Å². The Balaban J connectivity index is 1.66. The maximum atomic E-state index is 15.1. The van der Waals surface area contributed by atoms with E-state index in [-0.39, 0.29) is 11.3 Å². The predicted octanol–water partition coefficient (Wildman–Crippen LogP) is 3.97. The topological polar surface area (TPSA) is 97.6 Å². The quantitative estimate of drug-likeness (QED) is 0.392. The number of aromatic nitrogens is 1. The van der Waals surface area contributed by atoms with E-state index in [0.717, 1.165) is 26.2 Å². The summed E-state index contributed by atoms with van der Waals surface area (Å²) >= 11 is 5.37. The van der Waals surface area contributed by atoms with Gasteiger partial charge in [-0.3, -0.25) is 9.59 Å². The van der Waals surface area contributed by atoms with Crippen LogP contribution in [0.1, 0.15) is 15.9 Å². The largest absolute Gasteiger partial charge is 0.454 e. The average molecular weight is 481 g/mol. The third-order valence-corrected chi connectivity index (χ3v) is 5.45. The molecule has 0 radical (unpaired) electrons. The lowest BCUT2D eigenvalue weighted by Crippen LogP contribution is -2.44. The Morgan fingerprint density at radius 3 is 2.56 bits per heavy atom. The number of amides is 1. The van der Waals surface area contributed by atoms with Crippen LogP contribution in [0.25, 0.3) is 17.3 Å². The highest BCUT2D eigenvalue weighted by Gasteiger charge is 2.19. The van der Waals surface area contributed by atoms with Gasteiger partial charge in [0.1, 0.15) is 11.6 Å². The number of anilines is 1. The van der Waals surface area contributed by atoms with Crippen molar-refractivity contribution in [3.63, 3.8) is 0 Å². The molecule has 0 aliphatic carbocycles. The van der Waals surface area contributed by atoms with Gasteiger partial charge in [-0.25, -0.2) is 9.37 Å². The van der Waals surface area contributed by atoms with Crippen molar-refractivity contribution < 1.29 is 18.7 Å². The van der Waals surface area contributed by atoms with Crippen LogP contribution in [-0.2, 0) is 4.79 Å². The summed E-state index contributed by atoms with van der Waals surface area (Å²) in [6.45, 7) is 3.19. The normalized spacial score (nSPS) is 13.8. The van der Waals surface area contributed by atoms with E-state index in [2.05, 4.69) is 15.2 Å². The summed E-state index contributed by atoms with van der Waals surface area (Å²) in [6.07, 6.45) is 2.67. The molecule has 0 bridgehead atoms. The number of carbonyl (C=O) groups is 2. The number of ether oxygens (including phenoxy) is 1. The number of halogens is 2. The molecule has 9 heteroatoms. The monoisotopic (exact) mass is 480 g/mol. The van der Waals surface area contributed by atoms with E-state index in [4.69, 9.17) is 22.1 Å². The molecule has 0 unspecified atom stereocenters. The molecule has 0 atom stereocenters. The van der Waals surface area contributed by atoms with Gasteiger partial charge >= 0.3 is 0 Å². The van der Waals surface area contributed by atoms with Crippen LogP contribution in [0.4, 0.5) is 10.2 Å². The first-order chi connectivity index (χ1) is 16.4. The highest BCUT2D eigenvalue weighted by Crippen LogP contribution is 2.32. The van der Waals surface area contributed by atoms with Crippen LogP contribution >= 0.6 is 11.6 Å². The molecule has 0 spiro atoms. The Hall–Kier alpha value is -3.75. The minimum atomic E-state index is -0.648. The number of pyridine rings is 1. The number of rotatable bonds is 7. The first kappa shape index (κ1) is 23.4. The Kier molecular flexibility index (Phi) is 7.20. The van der Waals surface area contributed by atoms with Crippen molar-refractivity contribution in [3.05, 3.63) is 77.6 Å². The summed E-state index contributed by atoms with van der Waals surface area (Å²) in [5.41, 5.74) is 7.02. The van der Waals surface area contributed by atoms with Crippen molar-refractivity contribution in [3.8, 4) is 22.8 Å². The van der Waals surface area contributed by atoms with Gasteiger partial charge in [0, 0.05) is 37.3 Å². The average Bonchev–Trinajstić information content (AvgIpc) is 2.84. The van der Waals surface area contributed by atoms with E-state index in [9.17, 15) is 9.59 Å². The molecule has 4 rings (SSSR count). The fraction of sp³-hybridized carbons (Fsp3) is 0.160. The fourth-order valence-corrected chi connectivity index (χ4v) is 3.72. The SMILES string of the molecule is NC(=O)c1ccc(N2CCNCC2)nc1-c1ccc(Oc2ccccc2/C=C/C(=O)Cl)c(F)c1. The van der Waals surface area contributed by atoms with Crippen LogP contribution in [0.2, 0.25) is 0 Å². The van der Waals surface area contributed by atoms with Crippen molar-refractivity contribution in [1.82, 2.24) is 10.3 Å². The van der Waals surface area contributed by atoms with Gasteiger partial charge in [-0.1, -0.05) is 18.2 Å². The Morgan fingerprint density at radius 2 is 1.85 bits per heavy atom. The van der Waals surface area contributed by atoms with Gasteiger partial charge in [0.2, 0.25) is 5.24 Å². The molecule has 3 aromatic rings. The molecule has 3 N–H and O–H groups in total. The van der Waals surface area contributed by atoms with Crippen molar-refractivity contribution in [2.24, 2.45) is 5.73 Å². The van der Waals surface area contributed by atoms with Crippen LogP contribution in [0.3, 0.4) is 0 Å². The number of hydrogen-bond acceptors (Lipinski definition) is 6.